The van der Waals surface area contributed by atoms with E-state index in [0.29, 0.717) is 12.0 Å². The van der Waals surface area contributed by atoms with E-state index in [4.69, 9.17) is 11.6 Å². The largest absolute Gasteiger partial charge is 0.354 e. The van der Waals surface area contributed by atoms with Gasteiger partial charge in [-0.1, -0.05) is 20.8 Å². The fourth-order valence-corrected chi connectivity index (χ4v) is 2.68. The van der Waals surface area contributed by atoms with Crippen LogP contribution in [0.3, 0.4) is 0 Å². The molecule has 0 aliphatic heterocycles. The van der Waals surface area contributed by atoms with Gasteiger partial charge in [-0.05, 0) is 43.9 Å². The lowest BCUT2D eigenvalue weighted by Gasteiger charge is -2.36. The van der Waals surface area contributed by atoms with Crippen molar-refractivity contribution in [2.45, 2.75) is 58.8 Å². The van der Waals surface area contributed by atoms with Crippen LogP contribution in [-0.4, -0.2) is 17.8 Å². The van der Waals surface area contributed by atoms with Crippen LogP contribution in [0.5, 0.6) is 0 Å². The summed E-state index contributed by atoms with van der Waals surface area (Å²) in [6.07, 6.45) is 4.42. The third-order valence-corrected chi connectivity index (χ3v) is 4.03. The zero-order valence-electron chi connectivity index (χ0n) is 11.6. The molecule has 0 radical (unpaired) electrons. The molecule has 0 bridgehead atoms. The first-order valence-electron chi connectivity index (χ1n) is 6.72. The lowest BCUT2D eigenvalue weighted by atomic mass is 9.69. The van der Waals surface area contributed by atoms with E-state index >= 15 is 0 Å². The maximum absolute atomic E-state index is 11.9. The van der Waals surface area contributed by atoms with Crippen LogP contribution in [0.25, 0.3) is 0 Å². The molecule has 0 aromatic heterocycles. The number of halogens is 1. The summed E-state index contributed by atoms with van der Waals surface area (Å²) in [6, 6.07) is 0. The van der Waals surface area contributed by atoms with E-state index in [1.807, 2.05) is 6.92 Å². The van der Waals surface area contributed by atoms with Crippen LogP contribution in [0.15, 0.2) is 0 Å². The number of alkyl halides is 1. The number of rotatable bonds is 3. The Labute approximate surface area is 110 Å². The maximum atomic E-state index is 11.9. The summed E-state index contributed by atoms with van der Waals surface area (Å²) < 4.78 is 0. The molecule has 0 aromatic carbocycles. The second-order valence-corrected chi connectivity index (χ2v) is 7.19. The van der Waals surface area contributed by atoms with Crippen LogP contribution < -0.4 is 5.32 Å². The molecule has 1 N–H and O–H groups in total. The molecule has 1 unspecified atom stereocenters. The van der Waals surface area contributed by atoms with E-state index in [9.17, 15) is 4.79 Å². The van der Waals surface area contributed by atoms with Gasteiger partial charge in [0.2, 0.25) is 5.91 Å². The molecular weight excluding hydrogens is 234 g/mol. The molecule has 2 nitrogen and oxygen atoms in total. The minimum Gasteiger partial charge on any atom is -0.354 e. The van der Waals surface area contributed by atoms with Crippen molar-refractivity contribution >= 4 is 17.5 Å². The van der Waals surface area contributed by atoms with E-state index in [2.05, 4.69) is 26.1 Å². The van der Waals surface area contributed by atoms with Crippen LogP contribution >= 0.6 is 11.6 Å². The third-order valence-electron chi connectivity index (χ3n) is 3.88. The lowest BCUT2D eigenvalue weighted by Crippen LogP contribution is -2.37. The molecule has 100 valence electrons. The number of nitrogens with one attached hydrogen (secondary N) is 1. The lowest BCUT2D eigenvalue weighted by molar-refractivity contribution is -0.126. The molecule has 17 heavy (non-hydrogen) atoms. The Morgan fingerprint density at radius 1 is 1.29 bits per heavy atom. The van der Waals surface area contributed by atoms with Crippen LogP contribution in [-0.2, 0) is 4.79 Å². The van der Waals surface area contributed by atoms with Gasteiger partial charge in [-0.15, -0.1) is 11.6 Å². The van der Waals surface area contributed by atoms with Gasteiger partial charge in [-0.25, -0.2) is 0 Å². The molecular formula is C14H26ClNO. The Morgan fingerprint density at radius 3 is 2.24 bits per heavy atom. The Kier molecular flexibility index (Phi) is 5.30. The molecule has 0 aromatic rings. The monoisotopic (exact) mass is 259 g/mol. The molecule has 3 heteroatoms. The van der Waals surface area contributed by atoms with Gasteiger partial charge in [0.25, 0.3) is 0 Å². The molecule has 1 amide bonds. The van der Waals surface area contributed by atoms with Gasteiger partial charge in [0.15, 0.2) is 0 Å². The van der Waals surface area contributed by atoms with Crippen molar-refractivity contribution in [3.63, 3.8) is 0 Å². The summed E-state index contributed by atoms with van der Waals surface area (Å²) in [5.41, 5.74) is 0.381. The zero-order valence-corrected chi connectivity index (χ0v) is 12.3. The first kappa shape index (κ1) is 14.8. The number of hydrogen-bond donors (Lipinski definition) is 1. The Hall–Kier alpha value is -0.240. The average molecular weight is 260 g/mol. The first-order chi connectivity index (χ1) is 7.80. The molecule has 1 aliphatic rings. The first-order valence-corrected chi connectivity index (χ1v) is 7.16. The summed E-state index contributed by atoms with van der Waals surface area (Å²) >= 11 is 5.83. The van der Waals surface area contributed by atoms with Gasteiger partial charge in [0, 0.05) is 17.8 Å². The van der Waals surface area contributed by atoms with E-state index in [1.54, 1.807) is 0 Å². The van der Waals surface area contributed by atoms with Gasteiger partial charge < -0.3 is 5.32 Å². The highest BCUT2D eigenvalue weighted by atomic mass is 35.5. The summed E-state index contributed by atoms with van der Waals surface area (Å²) in [6.45, 7) is 9.38. The normalized spacial score (nSPS) is 27.6. The van der Waals surface area contributed by atoms with Crippen molar-refractivity contribution in [3.8, 4) is 0 Å². The molecule has 1 atom stereocenters. The van der Waals surface area contributed by atoms with E-state index in [1.165, 1.54) is 12.8 Å². The average Bonchev–Trinajstić information content (AvgIpc) is 2.25. The fraction of sp³-hybridized carbons (Fsp3) is 0.929. The van der Waals surface area contributed by atoms with Crippen molar-refractivity contribution in [2.75, 3.05) is 6.54 Å². The van der Waals surface area contributed by atoms with Gasteiger partial charge >= 0.3 is 0 Å². The summed E-state index contributed by atoms with van der Waals surface area (Å²) in [5.74, 6) is 1.17. The quantitative estimate of drug-likeness (QED) is 0.772. The Morgan fingerprint density at radius 2 is 1.82 bits per heavy atom. The highest BCUT2D eigenvalue weighted by molar-refractivity contribution is 6.20. The highest BCUT2D eigenvalue weighted by Crippen LogP contribution is 2.39. The summed E-state index contributed by atoms with van der Waals surface area (Å²) in [5, 5.41) is 2.95. The van der Waals surface area contributed by atoms with Gasteiger partial charge in [-0.3, -0.25) is 4.79 Å². The number of amides is 1. The Bertz CT molecular complexity index is 249. The van der Waals surface area contributed by atoms with Gasteiger partial charge in [-0.2, -0.15) is 0 Å². The Balaban J connectivity index is 2.34. The SMILES string of the molecule is CC(Cl)CNC(=O)C1CCC(C(C)(C)C)CC1. The topological polar surface area (TPSA) is 29.1 Å². The van der Waals surface area contributed by atoms with Crippen LogP contribution in [0.4, 0.5) is 0 Å². The van der Waals surface area contributed by atoms with E-state index in [0.717, 1.165) is 18.8 Å². The fourth-order valence-electron chi connectivity index (χ4n) is 2.61. The smallest absolute Gasteiger partial charge is 0.223 e. The van der Waals surface area contributed by atoms with Crippen molar-refractivity contribution in [1.82, 2.24) is 5.32 Å². The molecule has 1 aliphatic carbocycles. The number of hydrogen-bond acceptors (Lipinski definition) is 1. The van der Waals surface area contributed by atoms with Crippen LogP contribution in [0.1, 0.15) is 53.4 Å². The minimum atomic E-state index is 0.0184. The number of carbonyl (C=O) groups is 1. The third kappa shape index (κ3) is 4.87. The van der Waals surface area contributed by atoms with Crippen molar-refractivity contribution in [1.29, 1.82) is 0 Å². The van der Waals surface area contributed by atoms with Crippen molar-refractivity contribution < 1.29 is 4.79 Å². The zero-order chi connectivity index (χ0) is 13.1. The van der Waals surface area contributed by atoms with E-state index in [-0.39, 0.29) is 17.2 Å². The van der Waals surface area contributed by atoms with Crippen LogP contribution in [0.2, 0.25) is 0 Å². The molecule has 1 saturated carbocycles. The van der Waals surface area contributed by atoms with Crippen molar-refractivity contribution in [3.05, 3.63) is 0 Å². The summed E-state index contributed by atoms with van der Waals surface area (Å²) in [7, 11) is 0. The van der Waals surface area contributed by atoms with Gasteiger partial charge in [0.1, 0.15) is 0 Å². The number of carbonyl (C=O) groups excluding carboxylic acids is 1. The molecule has 0 spiro atoms. The molecule has 0 saturated heterocycles. The molecule has 1 fully saturated rings. The summed E-state index contributed by atoms with van der Waals surface area (Å²) in [4.78, 5) is 11.9. The second kappa shape index (κ2) is 6.08. The van der Waals surface area contributed by atoms with E-state index < -0.39 is 0 Å². The standard InChI is InChI=1S/C14H26ClNO/c1-10(15)9-16-13(17)11-5-7-12(8-6-11)14(2,3)4/h10-12H,5-9H2,1-4H3,(H,16,17). The molecule has 1 rings (SSSR count). The minimum absolute atomic E-state index is 0.0184. The van der Waals surface area contributed by atoms with Crippen LogP contribution in [0, 0.1) is 17.3 Å². The highest BCUT2D eigenvalue weighted by Gasteiger charge is 2.32. The maximum Gasteiger partial charge on any atom is 0.223 e. The predicted octanol–water partition coefficient (Wildman–Crippen LogP) is 3.58. The van der Waals surface area contributed by atoms with Crippen molar-refractivity contribution in [2.24, 2.45) is 17.3 Å². The molecule has 0 heterocycles. The predicted molar refractivity (Wildman–Crippen MR) is 73.2 cm³/mol. The second-order valence-electron chi connectivity index (χ2n) is 6.44. The van der Waals surface area contributed by atoms with Gasteiger partial charge in [0.05, 0.1) is 0 Å².